The maximum Gasteiger partial charge on any atom is 0.407 e. The molecule has 26 heavy (non-hydrogen) atoms. The van der Waals surface area contributed by atoms with E-state index >= 15 is 0 Å². The molecule has 12 nitrogen and oxygen atoms in total. The van der Waals surface area contributed by atoms with E-state index in [1.807, 2.05) is 0 Å². The van der Waals surface area contributed by atoms with Gasteiger partial charge in [0.2, 0.25) is 0 Å². The summed E-state index contributed by atoms with van der Waals surface area (Å²) in [5.74, 6) is -1.37. The number of oxime groups is 1. The molecule has 1 saturated heterocycles. The minimum Gasteiger partial charge on any atom is -0.375 e. The van der Waals surface area contributed by atoms with Gasteiger partial charge in [-0.1, -0.05) is 10.3 Å². The maximum atomic E-state index is 12.4. The summed E-state index contributed by atoms with van der Waals surface area (Å²) in [6, 6.07) is -1.43. The van der Waals surface area contributed by atoms with Crippen LogP contribution in [0, 0.1) is 0 Å². The van der Waals surface area contributed by atoms with Crippen LogP contribution in [-0.2, 0) is 14.4 Å². The molecule has 15 heteroatoms. The largest absolute Gasteiger partial charge is 0.407 e. The number of halogens is 2. The quantitative estimate of drug-likeness (QED) is 0.326. The van der Waals surface area contributed by atoms with Gasteiger partial charge in [-0.3, -0.25) is 14.5 Å². The van der Waals surface area contributed by atoms with E-state index in [1.54, 1.807) is 6.92 Å². The number of H-pyrrole nitrogens is 1. The van der Waals surface area contributed by atoms with Gasteiger partial charge >= 0.3 is 6.61 Å². The van der Waals surface area contributed by atoms with Crippen LogP contribution >= 0.6 is 11.3 Å². The Balaban J connectivity index is 1.74. The third kappa shape index (κ3) is 3.28. The average Bonchev–Trinajstić information content (AvgIpc) is 3.25. The van der Waals surface area contributed by atoms with Crippen molar-refractivity contribution in [1.82, 2.24) is 30.9 Å². The molecule has 1 fully saturated rings. The Morgan fingerprint density at radius 2 is 2.35 bits per heavy atom. The van der Waals surface area contributed by atoms with Crippen LogP contribution in [0.4, 0.5) is 19.9 Å². The number of β-lactam (4-membered cyclic amide) rings is 1. The van der Waals surface area contributed by atoms with E-state index in [1.165, 1.54) is 10.3 Å². The van der Waals surface area contributed by atoms with E-state index in [0.29, 0.717) is 0 Å². The van der Waals surface area contributed by atoms with Gasteiger partial charge in [0, 0.05) is 5.38 Å². The van der Waals surface area contributed by atoms with E-state index in [9.17, 15) is 18.4 Å². The number of rotatable bonds is 6. The fraction of sp³-hybridized carbons (Fsp3) is 0.364. The number of thiazole rings is 1. The lowest BCUT2D eigenvalue weighted by molar-refractivity contribution is -0.132. The van der Waals surface area contributed by atoms with Gasteiger partial charge in [0.25, 0.3) is 17.8 Å². The average molecular weight is 387 g/mol. The zero-order valence-corrected chi connectivity index (χ0v) is 13.8. The normalized spacial score (nSPS) is 20.2. The van der Waals surface area contributed by atoms with Gasteiger partial charge in [-0.25, -0.2) is 4.98 Å². The summed E-state index contributed by atoms with van der Waals surface area (Å²) in [5.41, 5.74) is 4.89. The van der Waals surface area contributed by atoms with Gasteiger partial charge in [0.05, 0.1) is 6.04 Å². The molecule has 2 amide bonds. The van der Waals surface area contributed by atoms with E-state index in [0.717, 1.165) is 11.3 Å². The molecule has 2 aromatic rings. The number of tetrazole rings is 1. The molecule has 2 unspecified atom stereocenters. The molecule has 2 aromatic heterocycles. The standard InChI is InChI=1S/C11H11F2N9O3S/c1-3-5(8(24)22(3)11-17-20-21-18-11)16-7(23)6(19-25-9(12)13)4-2-26-10(14)15-4/h2-3,5,9H,1H3,(H2,14,15)(H,16,23)(H,17,18,20,21). The molecular weight excluding hydrogens is 376 g/mol. The molecule has 3 rings (SSSR count). The summed E-state index contributed by atoms with van der Waals surface area (Å²) < 4.78 is 24.5. The Morgan fingerprint density at radius 1 is 1.58 bits per heavy atom. The number of nitrogen functional groups attached to an aromatic ring is 1. The zero-order chi connectivity index (χ0) is 18.8. The maximum absolute atomic E-state index is 12.4. The Labute approximate surface area is 147 Å². The zero-order valence-electron chi connectivity index (χ0n) is 13.0. The monoisotopic (exact) mass is 387 g/mol. The first kappa shape index (κ1) is 17.6. The van der Waals surface area contributed by atoms with Gasteiger partial charge in [0.15, 0.2) is 10.8 Å². The van der Waals surface area contributed by atoms with Crippen LogP contribution in [0.25, 0.3) is 0 Å². The predicted octanol–water partition coefficient (Wildman–Crippen LogP) is -0.898. The van der Waals surface area contributed by atoms with Crippen LogP contribution in [0.2, 0.25) is 0 Å². The molecule has 1 aliphatic heterocycles. The molecule has 1 aliphatic rings. The van der Waals surface area contributed by atoms with Crippen molar-refractivity contribution in [3.63, 3.8) is 0 Å². The second-order valence-electron chi connectivity index (χ2n) is 4.99. The number of carbonyl (C=O) groups is 2. The highest BCUT2D eigenvalue weighted by Crippen LogP contribution is 2.24. The highest BCUT2D eigenvalue weighted by Gasteiger charge is 2.48. The Kier molecular flexibility index (Phi) is 4.70. The molecule has 2 atom stereocenters. The molecule has 3 heterocycles. The first-order valence-corrected chi connectivity index (χ1v) is 7.87. The van der Waals surface area contributed by atoms with Crippen LogP contribution in [0.3, 0.4) is 0 Å². The number of nitrogens with zero attached hydrogens (tertiary/aromatic N) is 6. The van der Waals surface area contributed by atoms with Gasteiger partial charge in [-0.05, 0) is 12.1 Å². The van der Waals surface area contributed by atoms with Crippen LogP contribution in [0.5, 0.6) is 0 Å². The van der Waals surface area contributed by atoms with E-state index in [2.05, 4.69) is 40.9 Å². The van der Waals surface area contributed by atoms with Crippen molar-refractivity contribution in [3.05, 3.63) is 11.1 Å². The fourth-order valence-electron chi connectivity index (χ4n) is 2.25. The molecule has 0 spiro atoms. The number of nitrogens with one attached hydrogen (secondary N) is 2. The van der Waals surface area contributed by atoms with Gasteiger partial charge in [-0.2, -0.15) is 14.0 Å². The molecule has 0 aliphatic carbocycles. The third-order valence-electron chi connectivity index (χ3n) is 3.43. The highest BCUT2D eigenvalue weighted by molar-refractivity contribution is 7.13. The number of carbonyl (C=O) groups excluding carboxylic acids is 2. The number of amides is 2. The molecule has 0 saturated carbocycles. The molecule has 0 bridgehead atoms. The van der Waals surface area contributed by atoms with E-state index < -0.39 is 36.2 Å². The Bertz CT molecular complexity index is 840. The lowest BCUT2D eigenvalue weighted by atomic mass is 9.97. The number of hydrogen-bond donors (Lipinski definition) is 3. The smallest absolute Gasteiger partial charge is 0.375 e. The summed E-state index contributed by atoms with van der Waals surface area (Å²) in [7, 11) is 0. The number of aromatic nitrogens is 5. The summed E-state index contributed by atoms with van der Waals surface area (Å²) in [6.07, 6.45) is 0. The van der Waals surface area contributed by atoms with Crippen molar-refractivity contribution in [1.29, 1.82) is 0 Å². The minimum atomic E-state index is -3.23. The van der Waals surface area contributed by atoms with Gasteiger partial charge in [0.1, 0.15) is 11.7 Å². The fourth-order valence-corrected chi connectivity index (χ4v) is 2.80. The van der Waals surface area contributed by atoms with Crippen molar-refractivity contribution >= 4 is 39.9 Å². The number of alkyl halides is 2. The lowest BCUT2D eigenvalue weighted by Crippen LogP contribution is -2.70. The van der Waals surface area contributed by atoms with Crippen LogP contribution in [-0.4, -0.2) is 61.8 Å². The summed E-state index contributed by atoms with van der Waals surface area (Å²) in [4.78, 5) is 33.5. The summed E-state index contributed by atoms with van der Waals surface area (Å²) in [5, 5.41) is 19.9. The van der Waals surface area contributed by atoms with E-state index in [-0.39, 0.29) is 16.8 Å². The van der Waals surface area contributed by atoms with Crippen LogP contribution in [0.15, 0.2) is 10.5 Å². The van der Waals surface area contributed by atoms with Crippen molar-refractivity contribution in [3.8, 4) is 0 Å². The van der Waals surface area contributed by atoms with Crippen molar-refractivity contribution in [2.24, 2.45) is 5.16 Å². The Hall–Kier alpha value is -3.23. The highest BCUT2D eigenvalue weighted by atomic mass is 32.1. The van der Waals surface area contributed by atoms with Crippen molar-refractivity contribution < 1.29 is 23.2 Å². The number of anilines is 2. The molecule has 0 radical (unpaired) electrons. The molecule has 0 aromatic carbocycles. The van der Waals surface area contributed by atoms with Crippen molar-refractivity contribution in [2.75, 3.05) is 10.6 Å². The summed E-state index contributed by atoms with van der Waals surface area (Å²) >= 11 is 0.983. The summed E-state index contributed by atoms with van der Waals surface area (Å²) in [6.45, 7) is -1.59. The number of hydrogen-bond acceptors (Lipinski definition) is 10. The number of nitrogens with two attached hydrogens (primary N) is 1. The minimum absolute atomic E-state index is 0.0511. The van der Waals surface area contributed by atoms with Gasteiger partial charge < -0.3 is 15.9 Å². The van der Waals surface area contributed by atoms with Crippen LogP contribution in [0.1, 0.15) is 12.6 Å². The van der Waals surface area contributed by atoms with Crippen LogP contribution < -0.4 is 16.0 Å². The SMILES string of the molecule is CC1C(NC(=O)C(=NOC(F)F)c2csc(N)n2)C(=O)N1c1nn[nH]n1. The first-order valence-electron chi connectivity index (χ1n) is 6.99. The third-order valence-corrected chi connectivity index (χ3v) is 4.11. The topological polar surface area (TPSA) is 164 Å². The first-order chi connectivity index (χ1) is 12.4. The molecule has 138 valence electrons. The molecular formula is C11H11F2N9O3S. The Morgan fingerprint density at radius 3 is 2.88 bits per heavy atom. The predicted molar refractivity (Wildman–Crippen MR) is 83.2 cm³/mol. The van der Waals surface area contributed by atoms with Crippen molar-refractivity contribution in [2.45, 2.75) is 25.6 Å². The van der Waals surface area contributed by atoms with E-state index in [4.69, 9.17) is 5.73 Å². The lowest BCUT2D eigenvalue weighted by Gasteiger charge is -2.42. The second-order valence-corrected chi connectivity index (χ2v) is 5.88. The number of aromatic amines is 1. The molecule has 4 N–H and O–H groups in total. The van der Waals surface area contributed by atoms with Gasteiger partial charge in [-0.15, -0.1) is 16.4 Å². The second kappa shape index (κ2) is 6.95.